The van der Waals surface area contributed by atoms with E-state index in [1.54, 1.807) is 0 Å². The molecule has 0 aliphatic heterocycles. The Morgan fingerprint density at radius 2 is 1.33 bits per heavy atom. The lowest BCUT2D eigenvalue weighted by Gasteiger charge is -1.85. The van der Waals surface area contributed by atoms with E-state index in [0.29, 0.717) is 6.42 Å². The van der Waals surface area contributed by atoms with Crippen LogP contribution in [0.5, 0.6) is 0 Å². The van der Waals surface area contributed by atoms with Gasteiger partial charge < -0.3 is 20.4 Å². The van der Waals surface area contributed by atoms with E-state index in [-0.39, 0.29) is 19.8 Å². The third-order valence-electron chi connectivity index (χ3n) is 0.967. The topological polar surface area (TPSA) is 80.9 Å². The van der Waals surface area contributed by atoms with Crippen LogP contribution in [0.1, 0.15) is 19.3 Å². The second-order valence-electron chi connectivity index (χ2n) is 2.05. The van der Waals surface area contributed by atoms with E-state index in [9.17, 15) is 0 Å². The summed E-state index contributed by atoms with van der Waals surface area (Å²) in [4.78, 5) is 0. The Morgan fingerprint density at radius 1 is 0.833 bits per heavy atom. The molecule has 4 heteroatoms. The molecule has 0 heterocycles. The quantitative estimate of drug-likeness (QED) is 0.358. The highest BCUT2D eigenvalue weighted by atomic mass is 16.3. The van der Waals surface area contributed by atoms with Crippen molar-refractivity contribution in [1.82, 2.24) is 0 Å². The van der Waals surface area contributed by atoms with Gasteiger partial charge in [-0.2, -0.15) is 0 Å². The maximum atomic E-state index is 8.09. The van der Waals surface area contributed by atoms with Crippen LogP contribution in [0, 0.1) is 0 Å². The summed E-state index contributed by atoms with van der Waals surface area (Å²) in [6.07, 6.45) is 4.39. The second-order valence-corrected chi connectivity index (χ2v) is 2.05. The summed E-state index contributed by atoms with van der Waals surface area (Å²) in [5, 5.41) is 32.1. The number of unbranched alkanes of at least 4 members (excludes halogenated alkanes) is 1. The fraction of sp³-hybridized carbons (Fsp3) is 0.750. The Hall–Kier alpha value is -0.580. The van der Waals surface area contributed by atoms with Gasteiger partial charge in [0.2, 0.25) is 0 Å². The van der Waals surface area contributed by atoms with Crippen LogP contribution in [-0.2, 0) is 0 Å². The van der Waals surface area contributed by atoms with Gasteiger partial charge in [0.05, 0.1) is 6.26 Å². The number of aliphatic hydroxyl groups excluding tert-OH is 4. The highest BCUT2D eigenvalue weighted by Crippen LogP contribution is 1.80. The SMILES string of the molecule is O/C=C/CCO.OCCCCO. The highest BCUT2D eigenvalue weighted by Gasteiger charge is 1.77. The first-order valence-electron chi connectivity index (χ1n) is 3.95. The molecule has 12 heavy (non-hydrogen) atoms. The Bertz CT molecular complexity index is 79.1. The fourth-order valence-corrected chi connectivity index (χ4v) is 0.373. The summed E-state index contributed by atoms with van der Waals surface area (Å²) in [5.74, 6) is 0. The maximum Gasteiger partial charge on any atom is 0.0752 e. The van der Waals surface area contributed by atoms with Gasteiger partial charge in [0, 0.05) is 19.8 Å². The predicted molar refractivity (Wildman–Crippen MR) is 46.9 cm³/mol. The summed E-state index contributed by atoms with van der Waals surface area (Å²) in [6, 6.07) is 0. The monoisotopic (exact) mass is 178 g/mol. The van der Waals surface area contributed by atoms with Crippen molar-refractivity contribution in [2.75, 3.05) is 19.8 Å². The lowest BCUT2D eigenvalue weighted by atomic mass is 10.3. The van der Waals surface area contributed by atoms with Gasteiger partial charge in [0.15, 0.2) is 0 Å². The molecule has 0 saturated carbocycles. The summed E-state index contributed by atoms with van der Waals surface area (Å²) in [5.41, 5.74) is 0. The number of aliphatic hydroxyl groups is 4. The molecule has 0 fully saturated rings. The van der Waals surface area contributed by atoms with Gasteiger partial charge in [-0.15, -0.1) is 0 Å². The zero-order chi connectivity index (χ0) is 9.66. The van der Waals surface area contributed by atoms with Gasteiger partial charge in [-0.25, -0.2) is 0 Å². The summed E-state index contributed by atoms with van der Waals surface area (Å²) in [6.45, 7) is 0.498. The molecule has 0 spiro atoms. The van der Waals surface area contributed by atoms with Crippen LogP contribution in [0.4, 0.5) is 0 Å². The van der Waals surface area contributed by atoms with Gasteiger partial charge in [-0.3, -0.25) is 0 Å². The first-order chi connectivity index (χ1) is 5.83. The third-order valence-corrected chi connectivity index (χ3v) is 0.967. The molecule has 0 unspecified atom stereocenters. The number of rotatable bonds is 5. The molecule has 4 N–H and O–H groups in total. The molecule has 0 aliphatic carbocycles. The van der Waals surface area contributed by atoms with E-state index in [2.05, 4.69) is 0 Å². The van der Waals surface area contributed by atoms with Crippen LogP contribution in [0.25, 0.3) is 0 Å². The molecule has 4 nitrogen and oxygen atoms in total. The largest absolute Gasteiger partial charge is 0.516 e. The molecule has 0 radical (unpaired) electrons. The molecule has 0 aliphatic rings. The van der Waals surface area contributed by atoms with Crippen molar-refractivity contribution >= 4 is 0 Å². The summed E-state index contributed by atoms with van der Waals surface area (Å²) in [7, 11) is 0. The Balaban J connectivity index is 0. The van der Waals surface area contributed by atoms with Crippen LogP contribution in [0.15, 0.2) is 12.3 Å². The Labute approximate surface area is 72.8 Å². The normalized spacial score (nSPS) is 9.58. The van der Waals surface area contributed by atoms with Crippen LogP contribution in [0.3, 0.4) is 0 Å². The van der Waals surface area contributed by atoms with Gasteiger partial charge in [0.1, 0.15) is 0 Å². The Kier molecular flexibility index (Phi) is 19.6. The van der Waals surface area contributed by atoms with Crippen LogP contribution < -0.4 is 0 Å². The van der Waals surface area contributed by atoms with E-state index in [1.165, 1.54) is 6.08 Å². The van der Waals surface area contributed by atoms with E-state index >= 15 is 0 Å². The third kappa shape index (κ3) is 22.7. The Morgan fingerprint density at radius 3 is 1.50 bits per heavy atom. The minimum atomic E-state index is 0.108. The average molecular weight is 178 g/mol. The van der Waals surface area contributed by atoms with Crippen molar-refractivity contribution in [2.45, 2.75) is 19.3 Å². The van der Waals surface area contributed by atoms with E-state index in [4.69, 9.17) is 20.4 Å². The first-order valence-corrected chi connectivity index (χ1v) is 3.95. The van der Waals surface area contributed by atoms with E-state index < -0.39 is 0 Å². The minimum Gasteiger partial charge on any atom is -0.516 e. The second kappa shape index (κ2) is 16.8. The average Bonchev–Trinajstić information content (AvgIpc) is 2.12. The molecule has 74 valence electrons. The molecule has 0 aromatic carbocycles. The van der Waals surface area contributed by atoms with Crippen molar-refractivity contribution in [3.8, 4) is 0 Å². The van der Waals surface area contributed by atoms with Crippen molar-refractivity contribution in [1.29, 1.82) is 0 Å². The minimum absolute atomic E-state index is 0.108. The lowest BCUT2D eigenvalue weighted by Crippen LogP contribution is -1.85. The van der Waals surface area contributed by atoms with Crippen LogP contribution >= 0.6 is 0 Å². The van der Waals surface area contributed by atoms with Crippen LogP contribution in [0.2, 0.25) is 0 Å². The highest BCUT2D eigenvalue weighted by molar-refractivity contribution is 4.69. The lowest BCUT2D eigenvalue weighted by molar-refractivity contribution is 0.242. The molecular formula is C8H18O4. The zero-order valence-corrected chi connectivity index (χ0v) is 7.19. The van der Waals surface area contributed by atoms with E-state index in [0.717, 1.165) is 19.1 Å². The van der Waals surface area contributed by atoms with Gasteiger partial charge in [-0.1, -0.05) is 0 Å². The molecule has 0 saturated heterocycles. The van der Waals surface area contributed by atoms with Gasteiger partial charge >= 0.3 is 0 Å². The molecule has 0 aromatic heterocycles. The van der Waals surface area contributed by atoms with E-state index in [1.807, 2.05) is 0 Å². The molecular weight excluding hydrogens is 160 g/mol. The molecule has 0 rings (SSSR count). The molecule has 0 amide bonds. The summed E-state index contributed by atoms with van der Waals surface area (Å²) >= 11 is 0. The maximum absolute atomic E-state index is 8.09. The molecule has 0 aromatic rings. The first kappa shape index (κ1) is 14.0. The zero-order valence-electron chi connectivity index (χ0n) is 7.19. The molecule has 0 atom stereocenters. The van der Waals surface area contributed by atoms with Crippen molar-refractivity contribution in [3.05, 3.63) is 12.3 Å². The standard InChI is InChI=1S/C4H10O2.C4H8O2/c2*5-3-1-2-4-6/h5-6H,1-4H2;1,3,5-6H,2,4H2/b;3-1+. The smallest absolute Gasteiger partial charge is 0.0752 e. The summed E-state index contributed by atoms with van der Waals surface area (Å²) < 4.78 is 0. The number of hydrogen-bond acceptors (Lipinski definition) is 4. The number of hydrogen-bond donors (Lipinski definition) is 4. The van der Waals surface area contributed by atoms with Gasteiger partial charge in [-0.05, 0) is 25.3 Å². The fourth-order valence-electron chi connectivity index (χ4n) is 0.373. The van der Waals surface area contributed by atoms with Gasteiger partial charge in [0.25, 0.3) is 0 Å². The van der Waals surface area contributed by atoms with Crippen molar-refractivity contribution in [3.63, 3.8) is 0 Å². The molecule has 0 bridgehead atoms. The predicted octanol–water partition coefficient (Wildman–Crippen LogP) is 0.192. The van der Waals surface area contributed by atoms with Crippen LogP contribution in [-0.4, -0.2) is 40.2 Å². The van der Waals surface area contributed by atoms with Crippen molar-refractivity contribution in [2.24, 2.45) is 0 Å². The van der Waals surface area contributed by atoms with Crippen molar-refractivity contribution < 1.29 is 20.4 Å².